The Balaban J connectivity index is 1.31. The van der Waals surface area contributed by atoms with Crippen molar-refractivity contribution in [3.63, 3.8) is 0 Å². The summed E-state index contributed by atoms with van der Waals surface area (Å²) in [5.41, 5.74) is 14.7. The van der Waals surface area contributed by atoms with E-state index in [1.807, 2.05) is 84.9 Å². The fourth-order valence-electron chi connectivity index (χ4n) is 9.54. The second kappa shape index (κ2) is 18.7. The van der Waals surface area contributed by atoms with Gasteiger partial charge in [-0.3, -0.25) is 0 Å². The highest BCUT2D eigenvalue weighted by Gasteiger charge is 2.27. The summed E-state index contributed by atoms with van der Waals surface area (Å²) >= 11 is 0. The summed E-state index contributed by atoms with van der Waals surface area (Å²) in [4.78, 5) is 34.6. The molecule has 0 saturated carbocycles. The minimum atomic E-state index is -0.140. The highest BCUT2D eigenvalue weighted by atomic mass is 15.0. The number of aromatic nitrogens is 6. The average molecular weight is 979 g/mol. The van der Waals surface area contributed by atoms with Crippen molar-refractivity contribution in [1.29, 1.82) is 0 Å². The number of rotatable bonds is 7. The number of fused-ring (bicyclic) bond motifs is 3. The van der Waals surface area contributed by atoms with Crippen molar-refractivity contribution < 1.29 is 0 Å². The van der Waals surface area contributed by atoms with Gasteiger partial charge in [-0.25, -0.2) is 34.6 Å². The molecule has 8 heteroatoms. The van der Waals surface area contributed by atoms with E-state index >= 15 is 0 Å². The van der Waals surface area contributed by atoms with Gasteiger partial charge in [-0.2, -0.15) is 0 Å². The molecule has 0 radical (unpaired) electrons. The van der Waals surface area contributed by atoms with Gasteiger partial charge in [0.2, 0.25) is 0 Å². The Morgan fingerprint density at radius 2 is 0.747 bits per heavy atom. The lowest BCUT2D eigenvalue weighted by atomic mass is 9.79. The second-order valence-electron chi connectivity index (χ2n) is 23.8. The molecule has 0 bridgehead atoms. The maximum absolute atomic E-state index is 7.94. The fourth-order valence-corrected chi connectivity index (χ4v) is 9.54. The first kappa shape index (κ1) is 50.0. The van der Waals surface area contributed by atoms with Crippen LogP contribution in [-0.4, -0.2) is 29.5 Å². The molecule has 3 heterocycles. The number of nitrogens with zero attached hydrogens (tertiary/aromatic N) is 8. The number of hydrogen-bond donors (Lipinski definition) is 0. The highest BCUT2D eigenvalue weighted by molar-refractivity contribution is 6.12. The van der Waals surface area contributed by atoms with Crippen LogP contribution in [-0.2, 0) is 21.7 Å². The average Bonchev–Trinajstić information content (AvgIpc) is 3.74. The predicted molar refractivity (Wildman–Crippen MR) is 310 cm³/mol. The zero-order valence-electron chi connectivity index (χ0n) is 45.1. The van der Waals surface area contributed by atoms with Gasteiger partial charge in [-0.15, -0.1) is 0 Å². The van der Waals surface area contributed by atoms with Crippen molar-refractivity contribution in [3.8, 4) is 73.8 Å². The summed E-state index contributed by atoms with van der Waals surface area (Å²) in [7, 11) is 0. The summed E-state index contributed by atoms with van der Waals surface area (Å²) in [5.74, 6) is 2.28. The van der Waals surface area contributed by atoms with Gasteiger partial charge in [-0.05, 0) is 127 Å². The van der Waals surface area contributed by atoms with Gasteiger partial charge >= 0.3 is 0 Å². The SMILES string of the molecule is [C-]#[N+]c1ccc2c(c1)c1cc([N+]#[C-])ccc1n2-c1ccc(-c2nc(-c3cc(C(C)(C)C)cc(C(C)(C)C)c3)nc(-c3cc(C(C)(C)C)cc(C(C)(C)C)c3)n2)cc1-c1cc(-c2ccccc2)nc(-c2ccccc2)n1. The molecule has 0 amide bonds. The van der Waals surface area contributed by atoms with Crippen LogP contribution in [0.1, 0.15) is 105 Å². The molecule has 370 valence electrons. The summed E-state index contributed by atoms with van der Waals surface area (Å²) in [5, 5.41) is 1.75. The smallest absolute Gasteiger partial charge is 0.188 e. The Bertz CT molecular complexity index is 3650. The maximum atomic E-state index is 7.94. The van der Waals surface area contributed by atoms with E-state index in [1.54, 1.807) is 0 Å². The van der Waals surface area contributed by atoms with Crippen LogP contribution >= 0.6 is 0 Å². The van der Waals surface area contributed by atoms with E-state index in [1.165, 1.54) is 22.3 Å². The van der Waals surface area contributed by atoms with Crippen LogP contribution < -0.4 is 0 Å². The molecule has 0 aliphatic carbocycles. The van der Waals surface area contributed by atoms with E-state index in [0.717, 1.165) is 66.6 Å². The van der Waals surface area contributed by atoms with Crippen molar-refractivity contribution in [2.75, 3.05) is 0 Å². The van der Waals surface area contributed by atoms with Crippen LogP contribution in [0.15, 0.2) is 158 Å². The van der Waals surface area contributed by atoms with E-state index in [0.29, 0.717) is 40.4 Å². The normalized spacial score (nSPS) is 12.2. The molecule has 0 saturated heterocycles. The van der Waals surface area contributed by atoms with E-state index in [4.69, 9.17) is 38.1 Å². The Morgan fingerprint density at radius 3 is 1.17 bits per heavy atom. The van der Waals surface area contributed by atoms with E-state index in [9.17, 15) is 0 Å². The first-order valence-corrected chi connectivity index (χ1v) is 25.6. The molecular weight excluding hydrogens is 917 g/mol. The van der Waals surface area contributed by atoms with Crippen molar-refractivity contribution in [2.45, 2.75) is 105 Å². The molecule has 10 rings (SSSR count). The van der Waals surface area contributed by atoms with Crippen molar-refractivity contribution in [1.82, 2.24) is 29.5 Å². The van der Waals surface area contributed by atoms with Crippen LogP contribution in [0.3, 0.4) is 0 Å². The standard InChI is InChI=1S/C67H62N8/c1-64(2,3)46-31-44(32-47(36-46)65(4,5)6)62-72-61(73-63(74-62)45-33-48(66(7,8)9)37-49(34-45)67(10,11)12)43-25-28-59(75-57-29-26-50(68-13)38-52(57)53-39-51(69-14)27-30-58(53)75)54(35-43)56-40-55(41-21-17-15-18-22-41)70-60(71-56)42-23-19-16-20-24-42/h15-40H,1-12H3. The topological polar surface area (TPSA) is 78.1 Å². The zero-order chi connectivity index (χ0) is 53.2. The second-order valence-corrected chi connectivity index (χ2v) is 23.8. The van der Waals surface area contributed by atoms with Crippen molar-refractivity contribution in [3.05, 3.63) is 203 Å². The first-order chi connectivity index (χ1) is 35.5. The Morgan fingerprint density at radius 1 is 0.347 bits per heavy atom. The molecule has 0 atom stereocenters. The molecule has 8 nitrogen and oxygen atoms in total. The van der Waals surface area contributed by atoms with Gasteiger partial charge in [-0.1, -0.05) is 168 Å². The van der Waals surface area contributed by atoms with E-state index in [2.05, 4.69) is 170 Å². The molecule has 10 aromatic rings. The van der Waals surface area contributed by atoms with Crippen LogP contribution in [0.5, 0.6) is 0 Å². The van der Waals surface area contributed by atoms with Gasteiger partial charge in [0.25, 0.3) is 0 Å². The molecule has 3 aromatic heterocycles. The molecule has 0 spiro atoms. The first-order valence-electron chi connectivity index (χ1n) is 25.6. The van der Waals surface area contributed by atoms with Crippen LogP contribution in [0.2, 0.25) is 0 Å². The van der Waals surface area contributed by atoms with Crippen LogP contribution in [0.4, 0.5) is 11.4 Å². The Hall–Kier alpha value is -8.59. The third-order valence-electron chi connectivity index (χ3n) is 14.1. The van der Waals surface area contributed by atoms with Gasteiger partial charge in [0.05, 0.1) is 41.3 Å². The summed E-state index contributed by atoms with van der Waals surface area (Å²) in [6.45, 7) is 42.9. The van der Waals surface area contributed by atoms with Gasteiger partial charge in [0, 0.05) is 33.4 Å². The van der Waals surface area contributed by atoms with Gasteiger partial charge in [0.1, 0.15) is 0 Å². The summed E-state index contributed by atoms with van der Waals surface area (Å²) in [6.07, 6.45) is 0. The predicted octanol–water partition coefficient (Wildman–Crippen LogP) is 18.1. The number of benzene rings is 7. The minimum absolute atomic E-state index is 0.140. The van der Waals surface area contributed by atoms with E-state index < -0.39 is 0 Å². The third kappa shape index (κ3) is 9.97. The monoisotopic (exact) mass is 979 g/mol. The quantitative estimate of drug-likeness (QED) is 0.149. The molecule has 0 aliphatic heterocycles. The summed E-state index contributed by atoms with van der Waals surface area (Å²) in [6, 6.07) is 53.9. The fraction of sp³-hybridized carbons (Fsp3) is 0.239. The van der Waals surface area contributed by atoms with Crippen molar-refractivity contribution in [2.24, 2.45) is 0 Å². The summed E-state index contributed by atoms with van der Waals surface area (Å²) < 4.78 is 2.22. The van der Waals surface area contributed by atoms with Gasteiger partial charge < -0.3 is 4.57 Å². The molecule has 0 aliphatic rings. The lowest BCUT2D eigenvalue weighted by Crippen LogP contribution is -2.17. The van der Waals surface area contributed by atoms with Gasteiger partial charge in [0.15, 0.2) is 34.7 Å². The molecule has 0 N–H and O–H groups in total. The largest absolute Gasteiger partial charge is 0.309 e. The Kier molecular flexibility index (Phi) is 12.5. The van der Waals surface area contributed by atoms with Crippen LogP contribution in [0, 0.1) is 13.1 Å². The van der Waals surface area contributed by atoms with E-state index in [-0.39, 0.29) is 21.7 Å². The van der Waals surface area contributed by atoms with Crippen molar-refractivity contribution >= 4 is 33.2 Å². The third-order valence-corrected chi connectivity index (χ3v) is 14.1. The highest BCUT2D eigenvalue weighted by Crippen LogP contribution is 2.42. The lowest BCUT2D eigenvalue weighted by Gasteiger charge is -2.26. The minimum Gasteiger partial charge on any atom is -0.309 e. The molecule has 0 fully saturated rings. The Labute approximate surface area is 441 Å². The molecule has 7 aromatic carbocycles. The lowest BCUT2D eigenvalue weighted by molar-refractivity contribution is 0.568. The molecule has 75 heavy (non-hydrogen) atoms. The maximum Gasteiger partial charge on any atom is 0.188 e. The molecule has 0 unspecified atom stereocenters. The van der Waals surface area contributed by atoms with Crippen LogP contribution in [0.25, 0.3) is 105 Å². The zero-order valence-corrected chi connectivity index (χ0v) is 45.1. The molecular formula is C67H62N8. The number of hydrogen-bond acceptors (Lipinski definition) is 5.